The van der Waals surface area contributed by atoms with Crippen molar-refractivity contribution in [2.45, 2.75) is 4.32 Å². The van der Waals surface area contributed by atoms with Gasteiger partial charge in [-0.15, -0.1) is 0 Å². The zero-order chi connectivity index (χ0) is 10.4. The molecule has 0 saturated heterocycles. The predicted octanol–water partition coefficient (Wildman–Crippen LogP) is 2.57. The fraction of sp³-hybridized carbons (Fsp3) is 0.455. The molecule has 0 radical (unpaired) electrons. The molecule has 0 spiro atoms. The second-order valence-electron chi connectivity index (χ2n) is 3.20. The van der Waals surface area contributed by atoms with Crippen molar-refractivity contribution in [1.29, 1.82) is 0 Å². The summed E-state index contributed by atoms with van der Waals surface area (Å²) in [5, 5.41) is 0. The molecule has 0 heterocycles. The van der Waals surface area contributed by atoms with Gasteiger partial charge < -0.3 is 9.47 Å². The number of ether oxygens (including phenoxy) is 2. The summed E-state index contributed by atoms with van der Waals surface area (Å²) < 4.78 is 10.1. The highest BCUT2D eigenvalue weighted by Crippen LogP contribution is 2.31. The Balaban J connectivity index is 2.87. The van der Waals surface area contributed by atoms with E-state index in [0.717, 1.165) is 0 Å². The Kier molecular flexibility index (Phi) is 4.58. The molecule has 1 rings (SSSR count). The van der Waals surface area contributed by atoms with Crippen LogP contribution in [0, 0.1) is 0 Å². The third-order valence-corrected chi connectivity index (χ3v) is 2.95. The molecule has 0 saturated carbocycles. The summed E-state index contributed by atoms with van der Waals surface area (Å²) in [6, 6.07) is 10.1. The van der Waals surface area contributed by atoms with Gasteiger partial charge >= 0.3 is 0 Å². The Morgan fingerprint density at radius 1 is 1.07 bits per heavy atom. The third kappa shape index (κ3) is 2.80. The summed E-state index contributed by atoms with van der Waals surface area (Å²) in [7, 11) is 3.38. The second-order valence-corrected chi connectivity index (χ2v) is 4.72. The van der Waals surface area contributed by atoms with E-state index in [4.69, 9.17) is 9.47 Å². The summed E-state index contributed by atoms with van der Waals surface area (Å²) in [4.78, 5) is 0. The number of hydrogen-bond acceptors (Lipinski definition) is 2. The fourth-order valence-electron chi connectivity index (χ4n) is 1.40. The van der Waals surface area contributed by atoms with Crippen LogP contribution in [-0.2, 0) is 13.8 Å². The summed E-state index contributed by atoms with van der Waals surface area (Å²) in [5.41, 5.74) is 1.17. The maximum Gasteiger partial charge on any atom is 0.0971 e. The minimum atomic E-state index is -0.238. The molecule has 0 unspecified atom stereocenters. The van der Waals surface area contributed by atoms with Crippen LogP contribution in [0.25, 0.3) is 0 Å². The maximum absolute atomic E-state index is 5.19. The molecule has 0 amide bonds. The van der Waals surface area contributed by atoms with Crippen molar-refractivity contribution < 1.29 is 9.47 Å². The topological polar surface area (TPSA) is 18.5 Å². The van der Waals surface area contributed by atoms with Gasteiger partial charge in [0, 0.05) is 14.2 Å². The van der Waals surface area contributed by atoms with Crippen LogP contribution in [0.4, 0.5) is 0 Å². The number of halogens is 1. The zero-order valence-corrected chi connectivity index (χ0v) is 10.1. The maximum atomic E-state index is 5.19. The number of methoxy groups -OCH3 is 2. The highest BCUT2D eigenvalue weighted by molar-refractivity contribution is 9.09. The molecule has 14 heavy (non-hydrogen) atoms. The Bertz CT molecular complexity index is 255. The van der Waals surface area contributed by atoms with Crippen LogP contribution in [0.2, 0.25) is 0 Å². The monoisotopic (exact) mass is 258 g/mol. The second kappa shape index (κ2) is 5.49. The number of alkyl halides is 1. The van der Waals surface area contributed by atoms with E-state index in [2.05, 4.69) is 28.1 Å². The Morgan fingerprint density at radius 2 is 1.57 bits per heavy atom. The van der Waals surface area contributed by atoms with Crippen LogP contribution in [0.3, 0.4) is 0 Å². The molecule has 0 aliphatic rings. The molecule has 0 bridgehead atoms. The highest BCUT2D eigenvalue weighted by Gasteiger charge is 2.28. The number of hydrogen-bond donors (Lipinski definition) is 0. The molecule has 0 aliphatic carbocycles. The van der Waals surface area contributed by atoms with E-state index in [1.54, 1.807) is 14.2 Å². The fourth-order valence-corrected chi connectivity index (χ4v) is 2.12. The molecular formula is C11H15BrO2. The molecule has 1 aromatic carbocycles. The van der Waals surface area contributed by atoms with Gasteiger partial charge in [0.15, 0.2) is 0 Å². The van der Waals surface area contributed by atoms with Gasteiger partial charge in [0.25, 0.3) is 0 Å². The quantitative estimate of drug-likeness (QED) is 0.756. The van der Waals surface area contributed by atoms with E-state index in [1.807, 2.05) is 18.2 Å². The van der Waals surface area contributed by atoms with Gasteiger partial charge in [-0.25, -0.2) is 0 Å². The largest absolute Gasteiger partial charge is 0.383 e. The zero-order valence-electron chi connectivity index (χ0n) is 8.50. The molecule has 0 atom stereocenters. The van der Waals surface area contributed by atoms with Gasteiger partial charge in [-0.3, -0.25) is 0 Å². The first-order chi connectivity index (χ1) is 6.73. The normalized spacial score (nSPS) is 11.6. The van der Waals surface area contributed by atoms with Crippen molar-refractivity contribution in [3.8, 4) is 0 Å². The molecule has 0 N–H and O–H groups in total. The molecule has 0 fully saturated rings. The SMILES string of the molecule is COCC(Br)(COC)c1ccccc1. The minimum absolute atomic E-state index is 0.238. The van der Waals surface area contributed by atoms with Gasteiger partial charge in [-0.05, 0) is 5.56 Å². The average Bonchev–Trinajstić information content (AvgIpc) is 2.20. The van der Waals surface area contributed by atoms with E-state index >= 15 is 0 Å². The standard InChI is InChI=1S/C11H15BrO2/c1-13-8-11(12,9-14-2)10-6-4-3-5-7-10/h3-7H,8-9H2,1-2H3. The van der Waals surface area contributed by atoms with Gasteiger partial charge in [0.05, 0.1) is 17.5 Å². The van der Waals surface area contributed by atoms with E-state index in [1.165, 1.54) is 5.56 Å². The Morgan fingerprint density at radius 3 is 2.00 bits per heavy atom. The van der Waals surface area contributed by atoms with Crippen molar-refractivity contribution in [3.05, 3.63) is 35.9 Å². The summed E-state index contributed by atoms with van der Waals surface area (Å²) >= 11 is 3.66. The van der Waals surface area contributed by atoms with Crippen LogP contribution in [0.1, 0.15) is 5.56 Å². The van der Waals surface area contributed by atoms with Crippen LogP contribution < -0.4 is 0 Å². The highest BCUT2D eigenvalue weighted by atomic mass is 79.9. The smallest absolute Gasteiger partial charge is 0.0971 e. The first-order valence-electron chi connectivity index (χ1n) is 4.45. The van der Waals surface area contributed by atoms with Gasteiger partial charge in [-0.2, -0.15) is 0 Å². The lowest BCUT2D eigenvalue weighted by Crippen LogP contribution is -2.29. The molecule has 78 valence electrons. The van der Waals surface area contributed by atoms with E-state index in [-0.39, 0.29) is 4.32 Å². The first-order valence-corrected chi connectivity index (χ1v) is 5.24. The molecule has 1 aromatic rings. The molecular weight excluding hydrogens is 244 g/mol. The summed E-state index contributed by atoms with van der Waals surface area (Å²) in [5.74, 6) is 0. The predicted molar refractivity (Wildman–Crippen MR) is 60.8 cm³/mol. The average molecular weight is 259 g/mol. The van der Waals surface area contributed by atoms with Crippen LogP contribution in [0.5, 0.6) is 0 Å². The van der Waals surface area contributed by atoms with Crippen molar-refractivity contribution in [2.75, 3.05) is 27.4 Å². The van der Waals surface area contributed by atoms with Gasteiger partial charge in [-0.1, -0.05) is 46.3 Å². The van der Waals surface area contributed by atoms with E-state index in [9.17, 15) is 0 Å². The molecule has 0 aromatic heterocycles. The van der Waals surface area contributed by atoms with Crippen molar-refractivity contribution in [3.63, 3.8) is 0 Å². The Labute approximate surface area is 93.4 Å². The summed E-state index contributed by atoms with van der Waals surface area (Å²) in [6.45, 7) is 1.18. The van der Waals surface area contributed by atoms with Gasteiger partial charge in [0.1, 0.15) is 0 Å². The molecule has 3 heteroatoms. The minimum Gasteiger partial charge on any atom is -0.383 e. The van der Waals surface area contributed by atoms with Crippen molar-refractivity contribution >= 4 is 15.9 Å². The van der Waals surface area contributed by atoms with Crippen molar-refractivity contribution in [1.82, 2.24) is 0 Å². The lowest BCUT2D eigenvalue weighted by atomic mass is 10.0. The van der Waals surface area contributed by atoms with Gasteiger partial charge in [0.2, 0.25) is 0 Å². The molecule has 0 aliphatic heterocycles. The van der Waals surface area contributed by atoms with Crippen molar-refractivity contribution in [2.24, 2.45) is 0 Å². The van der Waals surface area contributed by atoms with Crippen LogP contribution in [-0.4, -0.2) is 27.4 Å². The molecule has 2 nitrogen and oxygen atoms in total. The summed E-state index contributed by atoms with van der Waals surface area (Å²) in [6.07, 6.45) is 0. The first kappa shape index (κ1) is 11.7. The lowest BCUT2D eigenvalue weighted by molar-refractivity contribution is 0.105. The number of benzene rings is 1. The van der Waals surface area contributed by atoms with E-state index in [0.29, 0.717) is 13.2 Å². The van der Waals surface area contributed by atoms with E-state index < -0.39 is 0 Å². The Hall–Kier alpha value is -0.380. The number of rotatable bonds is 5. The third-order valence-electron chi connectivity index (χ3n) is 2.04. The van der Waals surface area contributed by atoms with Crippen LogP contribution in [0.15, 0.2) is 30.3 Å². The van der Waals surface area contributed by atoms with Crippen LogP contribution >= 0.6 is 15.9 Å². The lowest BCUT2D eigenvalue weighted by Gasteiger charge is -2.26.